The highest BCUT2D eigenvalue weighted by Gasteiger charge is 2.23. The molecular formula is C11H10FNOS2. The number of thioether (sulfide) groups is 1. The molecule has 16 heavy (non-hydrogen) atoms. The van der Waals surface area contributed by atoms with Gasteiger partial charge in [-0.1, -0.05) is 36.1 Å². The van der Waals surface area contributed by atoms with Crippen LogP contribution in [-0.2, 0) is 11.2 Å². The highest BCUT2D eigenvalue weighted by molar-refractivity contribution is 8.23. The Labute approximate surface area is 103 Å². The number of carbonyl (C=O) groups excluding carboxylic acids is 1. The molecule has 0 unspecified atom stereocenters. The first-order valence-corrected chi connectivity index (χ1v) is 6.28. The predicted octanol–water partition coefficient (Wildman–Crippen LogP) is 2.23. The first kappa shape index (κ1) is 11.5. The summed E-state index contributed by atoms with van der Waals surface area (Å²) in [5.41, 5.74) is 0.811. The van der Waals surface area contributed by atoms with Crippen molar-refractivity contribution in [3.8, 4) is 0 Å². The number of nitrogens with zero attached hydrogens (tertiary/aromatic N) is 1. The summed E-state index contributed by atoms with van der Waals surface area (Å²) in [6.07, 6.45) is 0.279. The van der Waals surface area contributed by atoms with Crippen LogP contribution in [0.1, 0.15) is 5.56 Å². The quantitative estimate of drug-likeness (QED) is 0.756. The number of carbonyl (C=O) groups is 1. The third-order valence-electron chi connectivity index (χ3n) is 2.33. The average molecular weight is 255 g/mol. The summed E-state index contributed by atoms with van der Waals surface area (Å²) in [5.74, 6) is 0.568. The van der Waals surface area contributed by atoms with E-state index in [0.717, 1.165) is 11.3 Å². The molecule has 1 fully saturated rings. The Balaban J connectivity index is 2.02. The molecule has 0 aromatic heterocycles. The molecule has 1 heterocycles. The molecule has 2 rings (SSSR count). The van der Waals surface area contributed by atoms with E-state index < -0.39 is 0 Å². The van der Waals surface area contributed by atoms with Crippen molar-refractivity contribution in [1.82, 2.24) is 4.90 Å². The van der Waals surface area contributed by atoms with Crippen LogP contribution in [0.4, 0.5) is 4.39 Å². The fourth-order valence-electron chi connectivity index (χ4n) is 1.49. The fourth-order valence-corrected chi connectivity index (χ4v) is 2.73. The molecule has 2 nitrogen and oxygen atoms in total. The lowest BCUT2D eigenvalue weighted by atomic mass is 10.1. The molecule has 0 aliphatic carbocycles. The van der Waals surface area contributed by atoms with Crippen molar-refractivity contribution >= 4 is 34.2 Å². The Hall–Kier alpha value is -0.940. The summed E-state index contributed by atoms with van der Waals surface area (Å²) in [4.78, 5) is 13.5. The van der Waals surface area contributed by atoms with Crippen LogP contribution in [0.15, 0.2) is 24.3 Å². The van der Waals surface area contributed by atoms with E-state index in [2.05, 4.69) is 0 Å². The van der Waals surface area contributed by atoms with E-state index in [1.165, 1.54) is 23.9 Å². The lowest BCUT2D eigenvalue weighted by Gasteiger charge is -2.14. The minimum atomic E-state index is -0.288. The third-order valence-corrected chi connectivity index (χ3v) is 3.76. The van der Waals surface area contributed by atoms with Crippen LogP contribution in [0.5, 0.6) is 0 Å². The van der Waals surface area contributed by atoms with E-state index in [-0.39, 0.29) is 18.1 Å². The molecule has 0 radical (unpaired) electrons. The first-order chi connectivity index (χ1) is 7.66. The van der Waals surface area contributed by atoms with Gasteiger partial charge in [-0.3, -0.25) is 9.69 Å². The lowest BCUT2D eigenvalue weighted by Crippen LogP contribution is -2.31. The molecule has 5 heteroatoms. The summed E-state index contributed by atoms with van der Waals surface area (Å²) >= 11 is 6.58. The number of benzene rings is 1. The zero-order chi connectivity index (χ0) is 11.5. The molecule has 1 saturated heterocycles. The van der Waals surface area contributed by atoms with Crippen LogP contribution in [0.2, 0.25) is 0 Å². The molecular weight excluding hydrogens is 245 g/mol. The van der Waals surface area contributed by atoms with Gasteiger partial charge in [0, 0.05) is 12.3 Å². The van der Waals surface area contributed by atoms with Crippen LogP contribution in [0.3, 0.4) is 0 Å². The molecule has 1 amide bonds. The molecule has 0 atom stereocenters. The van der Waals surface area contributed by atoms with E-state index in [1.807, 2.05) is 0 Å². The maximum Gasteiger partial charge on any atom is 0.232 e. The summed E-state index contributed by atoms with van der Waals surface area (Å²) in [5, 5.41) is 0. The molecule has 0 spiro atoms. The topological polar surface area (TPSA) is 20.3 Å². The van der Waals surface area contributed by atoms with Crippen LogP contribution in [-0.4, -0.2) is 27.4 Å². The lowest BCUT2D eigenvalue weighted by molar-refractivity contribution is -0.126. The minimum absolute atomic E-state index is 0.0124. The van der Waals surface area contributed by atoms with Gasteiger partial charge in [-0.15, -0.1) is 0 Å². The molecule has 1 aromatic carbocycles. The van der Waals surface area contributed by atoms with Crippen LogP contribution < -0.4 is 0 Å². The Kier molecular flexibility index (Phi) is 3.56. The van der Waals surface area contributed by atoms with Gasteiger partial charge in [0.25, 0.3) is 0 Å². The molecule has 0 N–H and O–H groups in total. The maximum absolute atomic E-state index is 12.7. The van der Waals surface area contributed by atoms with Gasteiger partial charge >= 0.3 is 0 Å². The third kappa shape index (κ3) is 2.59. The van der Waals surface area contributed by atoms with Crippen molar-refractivity contribution in [2.24, 2.45) is 0 Å². The molecule has 1 aromatic rings. The van der Waals surface area contributed by atoms with Gasteiger partial charge in [0.2, 0.25) is 5.91 Å². The number of rotatable bonds is 2. The zero-order valence-electron chi connectivity index (χ0n) is 8.48. The van der Waals surface area contributed by atoms with E-state index >= 15 is 0 Å². The SMILES string of the molecule is O=C(Cc1ccc(F)cc1)N1CCSC1=S. The van der Waals surface area contributed by atoms with Crippen molar-refractivity contribution in [3.05, 3.63) is 35.6 Å². The second-order valence-corrected chi connectivity index (χ2v) is 5.19. The smallest absolute Gasteiger partial charge is 0.232 e. The van der Waals surface area contributed by atoms with Crippen LogP contribution >= 0.6 is 24.0 Å². The van der Waals surface area contributed by atoms with Gasteiger partial charge < -0.3 is 0 Å². The van der Waals surface area contributed by atoms with Gasteiger partial charge in [0.1, 0.15) is 10.1 Å². The molecule has 84 valence electrons. The number of amides is 1. The maximum atomic E-state index is 12.7. The number of hydrogen-bond donors (Lipinski definition) is 0. The largest absolute Gasteiger partial charge is 0.297 e. The van der Waals surface area contributed by atoms with Gasteiger partial charge in [-0.25, -0.2) is 4.39 Å². The van der Waals surface area contributed by atoms with Gasteiger partial charge in [0.05, 0.1) is 6.42 Å². The molecule has 0 saturated carbocycles. The highest BCUT2D eigenvalue weighted by atomic mass is 32.2. The summed E-state index contributed by atoms with van der Waals surface area (Å²) in [6, 6.07) is 5.97. The summed E-state index contributed by atoms with van der Waals surface area (Å²) < 4.78 is 13.3. The predicted molar refractivity (Wildman–Crippen MR) is 66.9 cm³/mol. The van der Waals surface area contributed by atoms with Gasteiger partial charge in [-0.2, -0.15) is 0 Å². The second-order valence-electron chi connectivity index (χ2n) is 3.46. The summed E-state index contributed by atoms with van der Waals surface area (Å²) in [6.45, 7) is 0.684. The normalized spacial score (nSPS) is 15.6. The zero-order valence-corrected chi connectivity index (χ0v) is 10.1. The average Bonchev–Trinajstić information content (AvgIpc) is 2.68. The second kappa shape index (κ2) is 4.93. The van der Waals surface area contributed by atoms with Gasteiger partial charge in [0.15, 0.2) is 0 Å². The van der Waals surface area contributed by atoms with Crippen molar-refractivity contribution in [3.63, 3.8) is 0 Å². The van der Waals surface area contributed by atoms with Crippen molar-refractivity contribution in [1.29, 1.82) is 0 Å². The van der Waals surface area contributed by atoms with E-state index in [4.69, 9.17) is 12.2 Å². The van der Waals surface area contributed by atoms with Crippen molar-refractivity contribution in [2.45, 2.75) is 6.42 Å². The van der Waals surface area contributed by atoms with E-state index in [1.54, 1.807) is 17.0 Å². The standard InChI is InChI=1S/C11H10FNOS2/c12-9-3-1-8(2-4-9)7-10(14)13-5-6-16-11(13)15/h1-4H,5-7H2. The Morgan fingerprint density at radius 3 is 2.69 bits per heavy atom. The van der Waals surface area contributed by atoms with Crippen LogP contribution in [0.25, 0.3) is 0 Å². The number of thiocarbonyl (C=S) groups is 1. The summed E-state index contributed by atoms with van der Waals surface area (Å²) in [7, 11) is 0. The minimum Gasteiger partial charge on any atom is -0.297 e. The van der Waals surface area contributed by atoms with Crippen molar-refractivity contribution in [2.75, 3.05) is 12.3 Å². The number of halogens is 1. The monoisotopic (exact) mass is 255 g/mol. The van der Waals surface area contributed by atoms with Gasteiger partial charge in [-0.05, 0) is 17.7 Å². The van der Waals surface area contributed by atoms with E-state index in [0.29, 0.717) is 10.9 Å². The Bertz CT molecular complexity index is 418. The van der Waals surface area contributed by atoms with E-state index in [9.17, 15) is 9.18 Å². The first-order valence-electron chi connectivity index (χ1n) is 4.88. The molecule has 1 aliphatic heterocycles. The fraction of sp³-hybridized carbons (Fsp3) is 0.273. The van der Waals surface area contributed by atoms with Crippen molar-refractivity contribution < 1.29 is 9.18 Å². The molecule has 1 aliphatic rings. The number of hydrogen-bond acceptors (Lipinski definition) is 3. The Morgan fingerprint density at radius 2 is 2.12 bits per heavy atom. The Morgan fingerprint density at radius 1 is 1.44 bits per heavy atom. The molecule has 0 bridgehead atoms. The highest BCUT2D eigenvalue weighted by Crippen LogP contribution is 2.19. The van der Waals surface area contributed by atoms with Crippen LogP contribution in [0, 0.1) is 5.82 Å².